The maximum Gasteiger partial charge on any atom is 0.276 e. The molecule has 10 heteroatoms. The van der Waals surface area contributed by atoms with Crippen molar-refractivity contribution >= 4 is 41.0 Å². The van der Waals surface area contributed by atoms with Crippen LogP contribution in [0.3, 0.4) is 0 Å². The molecule has 1 saturated heterocycles. The zero-order valence-electron chi connectivity index (χ0n) is 20.0. The molecule has 1 aromatic heterocycles. The van der Waals surface area contributed by atoms with Crippen LogP contribution >= 0.6 is 24.0 Å². The van der Waals surface area contributed by atoms with Gasteiger partial charge in [0.15, 0.2) is 0 Å². The lowest BCUT2D eigenvalue weighted by atomic mass is 9.85. The molecule has 34 heavy (non-hydrogen) atoms. The van der Waals surface area contributed by atoms with Crippen molar-refractivity contribution in [2.24, 2.45) is 5.41 Å². The molecule has 0 unspecified atom stereocenters. The number of halogens is 1. The average Bonchev–Trinajstić information content (AvgIpc) is 3.36. The number of thiazole rings is 1. The number of aromatic nitrogens is 1. The predicted octanol–water partition coefficient (Wildman–Crippen LogP) is 4.29. The molecule has 0 bridgehead atoms. The fourth-order valence-corrected chi connectivity index (χ4v) is 5.05. The summed E-state index contributed by atoms with van der Waals surface area (Å²) >= 11 is 5.30. The van der Waals surface area contributed by atoms with Crippen LogP contribution in [0.15, 0.2) is 29.8 Å². The van der Waals surface area contributed by atoms with Crippen LogP contribution in [0.1, 0.15) is 51.4 Å². The highest BCUT2D eigenvalue weighted by atomic mass is 32.1. The van der Waals surface area contributed by atoms with Gasteiger partial charge < -0.3 is 15.5 Å². The Morgan fingerprint density at radius 2 is 1.85 bits per heavy atom. The van der Waals surface area contributed by atoms with E-state index in [4.69, 9.17) is 0 Å². The van der Waals surface area contributed by atoms with Crippen molar-refractivity contribution in [1.82, 2.24) is 20.5 Å². The number of amides is 3. The molecule has 1 aliphatic heterocycles. The van der Waals surface area contributed by atoms with Gasteiger partial charge in [0.05, 0.1) is 28.7 Å². The van der Waals surface area contributed by atoms with Crippen molar-refractivity contribution in [3.8, 4) is 10.4 Å². The number of thiol groups is 1. The second kappa shape index (κ2) is 10.4. The Hall–Kier alpha value is -2.46. The van der Waals surface area contributed by atoms with E-state index in [9.17, 15) is 18.8 Å². The van der Waals surface area contributed by atoms with Gasteiger partial charge in [-0.05, 0) is 30.4 Å². The van der Waals surface area contributed by atoms with Crippen LogP contribution in [0, 0.1) is 12.3 Å². The molecule has 4 atom stereocenters. The van der Waals surface area contributed by atoms with E-state index in [0.29, 0.717) is 0 Å². The first-order chi connectivity index (χ1) is 15.9. The van der Waals surface area contributed by atoms with Crippen molar-refractivity contribution in [3.63, 3.8) is 0 Å². The van der Waals surface area contributed by atoms with Gasteiger partial charge in [-0.25, -0.2) is 9.37 Å². The fourth-order valence-electron chi connectivity index (χ4n) is 4.11. The van der Waals surface area contributed by atoms with Crippen LogP contribution in [0.4, 0.5) is 9.18 Å². The first-order valence-electron chi connectivity index (χ1n) is 11.1. The van der Waals surface area contributed by atoms with Crippen LogP contribution < -0.4 is 10.6 Å². The third kappa shape index (κ3) is 5.96. The molecule has 0 radical (unpaired) electrons. The molecule has 7 nitrogen and oxygen atoms in total. The number of carbonyl (C=O) groups excluding carboxylic acids is 3. The minimum atomic E-state index is -1.32. The highest BCUT2D eigenvalue weighted by molar-refractivity contribution is 7.96. The van der Waals surface area contributed by atoms with Crippen LogP contribution in [0.25, 0.3) is 10.4 Å². The SMILES string of the molecule is Cc1ncsc1-c1ccc([C@H](C)NC(=O)[C@@H]2C[C@@H](F)CN2C(=O)[C@@H](NC(=O)S)C(C)(C)C)cc1. The summed E-state index contributed by atoms with van der Waals surface area (Å²) in [5, 5.41) is 4.79. The van der Waals surface area contributed by atoms with Gasteiger partial charge in [-0.3, -0.25) is 14.4 Å². The van der Waals surface area contributed by atoms with E-state index < -0.39 is 40.7 Å². The van der Waals surface area contributed by atoms with Gasteiger partial charge in [-0.2, -0.15) is 0 Å². The molecular formula is C24H31FN4O3S2. The number of carbonyl (C=O) groups is 3. The second-order valence-corrected chi connectivity index (χ2v) is 11.0. The quantitative estimate of drug-likeness (QED) is 0.510. The first kappa shape index (κ1) is 26.2. The summed E-state index contributed by atoms with van der Waals surface area (Å²) < 4.78 is 14.4. The van der Waals surface area contributed by atoms with Gasteiger partial charge in [0.1, 0.15) is 18.3 Å². The van der Waals surface area contributed by atoms with Gasteiger partial charge >= 0.3 is 0 Å². The first-order valence-corrected chi connectivity index (χ1v) is 12.5. The van der Waals surface area contributed by atoms with Crippen molar-refractivity contribution in [2.45, 2.75) is 65.3 Å². The number of likely N-dealkylation sites (tertiary alicyclic amines) is 1. The Kier molecular flexibility index (Phi) is 8.02. The number of aryl methyl sites for hydroxylation is 1. The number of alkyl halides is 1. The average molecular weight is 507 g/mol. The van der Waals surface area contributed by atoms with Crippen molar-refractivity contribution in [3.05, 3.63) is 41.0 Å². The molecule has 2 N–H and O–H groups in total. The van der Waals surface area contributed by atoms with Gasteiger partial charge in [0.2, 0.25) is 11.8 Å². The van der Waals surface area contributed by atoms with Gasteiger partial charge in [-0.1, -0.05) is 57.7 Å². The topological polar surface area (TPSA) is 91.4 Å². The van der Waals surface area contributed by atoms with Crippen LogP contribution in [0.5, 0.6) is 0 Å². The van der Waals surface area contributed by atoms with E-state index >= 15 is 0 Å². The minimum Gasteiger partial charge on any atom is -0.348 e. The fraction of sp³-hybridized carbons (Fsp3) is 0.500. The van der Waals surface area contributed by atoms with Crippen molar-refractivity contribution in [1.29, 1.82) is 0 Å². The van der Waals surface area contributed by atoms with Crippen LogP contribution in [-0.4, -0.2) is 51.7 Å². The van der Waals surface area contributed by atoms with E-state index in [1.807, 2.05) is 38.1 Å². The molecular weight excluding hydrogens is 475 g/mol. The van der Waals surface area contributed by atoms with Gasteiger partial charge in [0, 0.05) is 6.42 Å². The van der Waals surface area contributed by atoms with Crippen LogP contribution in [0.2, 0.25) is 0 Å². The Bertz CT molecular complexity index is 1050. The molecule has 1 aliphatic rings. The molecule has 2 aromatic rings. The zero-order chi connectivity index (χ0) is 25.2. The third-order valence-corrected chi connectivity index (χ3v) is 7.10. The second-order valence-electron chi connectivity index (χ2n) is 9.71. The molecule has 2 heterocycles. The lowest BCUT2D eigenvalue weighted by Crippen LogP contribution is -2.57. The Labute approximate surface area is 208 Å². The minimum absolute atomic E-state index is 0.0838. The normalized spacial score (nSPS) is 20.0. The predicted molar refractivity (Wildman–Crippen MR) is 135 cm³/mol. The van der Waals surface area contributed by atoms with Gasteiger partial charge in [0.25, 0.3) is 5.24 Å². The summed E-state index contributed by atoms with van der Waals surface area (Å²) in [6.07, 6.45) is -1.40. The number of rotatable bonds is 6. The maximum atomic E-state index is 14.4. The third-order valence-electron chi connectivity index (χ3n) is 5.99. The standard InChI is InChI=1S/C24H31FN4O3S2/c1-13(15-6-8-16(9-7-15)19-14(2)26-12-34-19)27-21(30)18-10-17(25)11-29(18)22(31)20(24(3,4)5)28-23(32)33/h6-9,12-13,17-18,20H,10-11H2,1-5H3,(H,27,30)(H2,28,32,33)/t13-,17+,18-,20+/m0/s1. The largest absolute Gasteiger partial charge is 0.348 e. The van der Waals surface area contributed by atoms with E-state index in [1.165, 1.54) is 4.90 Å². The van der Waals surface area contributed by atoms with E-state index in [2.05, 4.69) is 28.2 Å². The van der Waals surface area contributed by atoms with Crippen LogP contribution in [-0.2, 0) is 9.59 Å². The molecule has 184 valence electrons. The zero-order valence-corrected chi connectivity index (χ0v) is 21.7. The molecule has 1 aromatic carbocycles. The monoisotopic (exact) mass is 506 g/mol. The number of hydrogen-bond acceptors (Lipinski definition) is 5. The number of nitrogens with one attached hydrogen (secondary N) is 2. The van der Waals surface area contributed by atoms with E-state index in [1.54, 1.807) is 37.6 Å². The van der Waals surface area contributed by atoms with Crippen molar-refractivity contribution in [2.75, 3.05) is 6.54 Å². The molecule has 0 saturated carbocycles. The highest BCUT2D eigenvalue weighted by Crippen LogP contribution is 2.30. The van der Waals surface area contributed by atoms with E-state index in [-0.39, 0.29) is 19.0 Å². The summed E-state index contributed by atoms with van der Waals surface area (Å²) in [5.41, 5.74) is 4.07. The summed E-state index contributed by atoms with van der Waals surface area (Å²) in [4.78, 5) is 44.5. The van der Waals surface area contributed by atoms with Crippen molar-refractivity contribution < 1.29 is 18.8 Å². The number of nitrogens with zero attached hydrogens (tertiary/aromatic N) is 2. The number of hydrogen-bond donors (Lipinski definition) is 3. The summed E-state index contributed by atoms with van der Waals surface area (Å²) in [6.45, 7) is 8.98. The number of benzene rings is 1. The lowest BCUT2D eigenvalue weighted by molar-refractivity contribution is -0.142. The Balaban J connectivity index is 1.72. The Morgan fingerprint density at radius 1 is 1.21 bits per heavy atom. The smallest absolute Gasteiger partial charge is 0.276 e. The molecule has 0 aliphatic carbocycles. The maximum absolute atomic E-state index is 14.4. The Morgan fingerprint density at radius 3 is 2.38 bits per heavy atom. The molecule has 3 amide bonds. The van der Waals surface area contributed by atoms with E-state index in [0.717, 1.165) is 21.7 Å². The lowest BCUT2D eigenvalue weighted by Gasteiger charge is -2.35. The molecule has 1 fully saturated rings. The molecule has 0 spiro atoms. The molecule has 3 rings (SSSR count). The highest BCUT2D eigenvalue weighted by Gasteiger charge is 2.45. The van der Waals surface area contributed by atoms with Gasteiger partial charge in [-0.15, -0.1) is 11.3 Å². The summed E-state index contributed by atoms with van der Waals surface area (Å²) in [7, 11) is 0. The summed E-state index contributed by atoms with van der Waals surface area (Å²) in [5.74, 6) is -0.916. The summed E-state index contributed by atoms with van der Waals surface area (Å²) in [6, 6.07) is 5.62.